The van der Waals surface area contributed by atoms with E-state index in [9.17, 15) is 0 Å². The molecule has 0 aliphatic carbocycles. The summed E-state index contributed by atoms with van der Waals surface area (Å²) in [7, 11) is 0. The molecule has 0 radical (unpaired) electrons. The van der Waals surface area contributed by atoms with Crippen LogP contribution in [0.4, 0.5) is 0 Å². The highest BCUT2D eigenvalue weighted by atomic mass is 35.5. The van der Waals surface area contributed by atoms with Crippen molar-refractivity contribution in [3.8, 4) is 5.69 Å². The molecule has 0 N–H and O–H groups in total. The maximum absolute atomic E-state index is 6.25. The van der Waals surface area contributed by atoms with Gasteiger partial charge in [0.25, 0.3) is 0 Å². The predicted molar refractivity (Wildman–Crippen MR) is 82.8 cm³/mol. The third-order valence-electron chi connectivity index (χ3n) is 3.17. The van der Waals surface area contributed by atoms with Gasteiger partial charge in [-0.3, -0.25) is 0 Å². The van der Waals surface area contributed by atoms with Gasteiger partial charge in [0.1, 0.15) is 0 Å². The minimum atomic E-state index is 0.654. The molecule has 3 aromatic rings. The average Bonchev–Trinajstić information content (AvgIpc) is 2.96. The summed E-state index contributed by atoms with van der Waals surface area (Å²) in [5.41, 5.74) is 3.36. The molecule has 2 aromatic carbocycles. The lowest BCUT2D eigenvalue weighted by Crippen LogP contribution is -1.98. The number of imidazole rings is 1. The fourth-order valence-corrected chi connectivity index (χ4v) is 2.66. The first-order valence-electron chi connectivity index (χ1n) is 6.24. The maximum Gasteiger partial charge on any atom is 0.0991 e. The minimum Gasteiger partial charge on any atom is -0.306 e. The second-order valence-electron chi connectivity index (χ2n) is 4.51. The van der Waals surface area contributed by atoms with Crippen molar-refractivity contribution in [3.63, 3.8) is 0 Å². The number of hydrogen-bond donors (Lipinski definition) is 0. The SMILES string of the molecule is Clc1ccc(Cc2ccccc2-n2ccnc2)c(Cl)c1. The summed E-state index contributed by atoms with van der Waals surface area (Å²) in [4.78, 5) is 4.10. The van der Waals surface area contributed by atoms with E-state index in [4.69, 9.17) is 23.2 Å². The Morgan fingerprint density at radius 1 is 1.00 bits per heavy atom. The van der Waals surface area contributed by atoms with Crippen LogP contribution in [-0.2, 0) is 6.42 Å². The fourth-order valence-electron chi connectivity index (χ4n) is 2.18. The number of hydrogen-bond acceptors (Lipinski definition) is 1. The molecule has 0 unspecified atom stereocenters. The smallest absolute Gasteiger partial charge is 0.0991 e. The van der Waals surface area contributed by atoms with Crippen molar-refractivity contribution in [3.05, 3.63) is 82.4 Å². The molecule has 0 amide bonds. The van der Waals surface area contributed by atoms with Gasteiger partial charge in [-0.25, -0.2) is 4.98 Å². The van der Waals surface area contributed by atoms with Crippen molar-refractivity contribution >= 4 is 23.2 Å². The molecule has 20 heavy (non-hydrogen) atoms. The molecule has 0 atom stereocenters. The van der Waals surface area contributed by atoms with Crippen molar-refractivity contribution in [1.82, 2.24) is 9.55 Å². The normalized spacial score (nSPS) is 10.7. The first kappa shape index (κ1) is 13.2. The highest BCUT2D eigenvalue weighted by Gasteiger charge is 2.07. The standard InChI is InChI=1S/C16H12Cl2N2/c17-14-6-5-12(15(18)10-14)9-13-3-1-2-4-16(13)20-8-7-19-11-20/h1-8,10-11H,9H2. The number of para-hydroxylation sites is 1. The molecule has 0 fully saturated rings. The third kappa shape index (κ3) is 2.72. The minimum absolute atomic E-state index is 0.654. The Morgan fingerprint density at radius 2 is 1.85 bits per heavy atom. The van der Waals surface area contributed by atoms with Crippen molar-refractivity contribution in [2.24, 2.45) is 0 Å². The summed E-state index contributed by atoms with van der Waals surface area (Å²) >= 11 is 12.2. The van der Waals surface area contributed by atoms with Crippen molar-refractivity contribution in [2.45, 2.75) is 6.42 Å². The number of rotatable bonds is 3. The van der Waals surface area contributed by atoms with E-state index in [2.05, 4.69) is 17.1 Å². The van der Waals surface area contributed by atoms with E-state index < -0.39 is 0 Å². The maximum atomic E-state index is 6.25. The predicted octanol–water partition coefficient (Wildman–Crippen LogP) is 4.77. The second-order valence-corrected chi connectivity index (χ2v) is 5.35. The molecule has 0 saturated heterocycles. The zero-order valence-corrected chi connectivity index (χ0v) is 12.1. The van der Waals surface area contributed by atoms with Crippen molar-refractivity contribution < 1.29 is 0 Å². The molecular weight excluding hydrogens is 291 g/mol. The van der Waals surface area contributed by atoms with Gasteiger partial charge < -0.3 is 4.57 Å². The zero-order valence-electron chi connectivity index (χ0n) is 10.6. The zero-order chi connectivity index (χ0) is 13.9. The van der Waals surface area contributed by atoms with E-state index in [0.717, 1.165) is 17.7 Å². The van der Waals surface area contributed by atoms with Crippen molar-refractivity contribution in [2.75, 3.05) is 0 Å². The molecular formula is C16H12Cl2N2. The lowest BCUT2D eigenvalue weighted by molar-refractivity contribution is 1.02. The van der Waals surface area contributed by atoms with Crippen LogP contribution in [0.1, 0.15) is 11.1 Å². The molecule has 0 spiro atoms. The van der Waals surface area contributed by atoms with Crippen molar-refractivity contribution in [1.29, 1.82) is 0 Å². The van der Waals surface area contributed by atoms with Crippen LogP contribution in [0.5, 0.6) is 0 Å². The van der Waals surface area contributed by atoms with E-state index in [-0.39, 0.29) is 0 Å². The lowest BCUT2D eigenvalue weighted by atomic mass is 10.0. The first-order valence-corrected chi connectivity index (χ1v) is 7.00. The van der Waals surface area contributed by atoms with Gasteiger partial charge in [0.2, 0.25) is 0 Å². The van der Waals surface area contributed by atoms with Crippen LogP contribution in [0, 0.1) is 0 Å². The molecule has 4 heteroatoms. The van der Waals surface area contributed by atoms with E-state index >= 15 is 0 Å². The fraction of sp³-hybridized carbons (Fsp3) is 0.0625. The van der Waals surface area contributed by atoms with Crippen LogP contribution in [0.3, 0.4) is 0 Å². The first-order chi connectivity index (χ1) is 9.74. The van der Waals surface area contributed by atoms with Crippen LogP contribution in [0.25, 0.3) is 5.69 Å². The monoisotopic (exact) mass is 302 g/mol. The van der Waals surface area contributed by atoms with Crippen LogP contribution in [0.15, 0.2) is 61.2 Å². The van der Waals surface area contributed by atoms with E-state index in [1.54, 1.807) is 18.6 Å². The highest BCUT2D eigenvalue weighted by Crippen LogP contribution is 2.25. The molecule has 100 valence electrons. The molecule has 1 heterocycles. The van der Waals surface area contributed by atoms with E-state index in [0.29, 0.717) is 10.0 Å². The Bertz CT molecular complexity index is 721. The summed E-state index contributed by atoms with van der Waals surface area (Å²) < 4.78 is 2.00. The number of benzene rings is 2. The summed E-state index contributed by atoms with van der Waals surface area (Å²) in [5.74, 6) is 0. The van der Waals surface area contributed by atoms with Crippen LogP contribution >= 0.6 is 23.2 Å². The van der Waals surface area contributed by atoms with Gasteiger partial charge in [-0.2, -0.15) is 0 Å². The topological polar surface area (TPSA) is 17.8 Å². The Hall–Kier alpha value is -1.77. The van der Waals surface area contributed by atoms with Gasteiger partial charge in [-0.15, -0.1) is 0 Å². The third-order valence-corrected chi connectivity index (χ3v) is 3.76. The Balaban J connectivity index is 1.99. The van der Waals surface area contributed by atoms with Gasteiger partial charge in [-0.05, 0) is 29.3 Å². The molecule has 0 aliphatic rings. The molecule has 0 aliphatic heterocycles. The molecule has 0 bridgehead atoms. The van der Waals surface area contributed by atoms with Crippen LogP contribution in [0.2, 0.25) is 10.0 Å². The van der Waals surface area contributed by atoms with Gasteiger partial charge in [-0.1, -0.05) is 47.5 Å². The van der Waals surface area contributed by atoms with E-state index in [1.165, 1.54) is 5.56 Å². The molecule has 2 nitrogen and oxygen atoms in total. The molecule has 0 saturated carbocycles. The quantitative estimate of drug-likeness (QED) is 0.681. The van der Waals surface area contributed by atoms with E-state index in [1.807, 2.05) is 35.0 Å². The summed E-state index contributed by atoms with van der Waals surface area (Å²) in [5, 5.41) is 1.35. The summed E-state index contributed by atoms with van der Waals surface area (Å²) in [6.07, 6.45) is 6.25. The second kappa shape index (κ2) is 5.70. The van der Waals surface area contributed by atoms with Crippen LogP contribution < -0.4 is 0 Å². The van der Waals surface area contributed by atoms with Gasteiger partial charge in [0.15, 0.2) is 0 Å². The van der Waals surface area contributed by atoms with Gasteiger partial charge >= 0.3 is 0 Å². The molecule has 3 rings (SSSR count). The number of aromatic nitrogens is 2. The number of nitrogens with zero attached hydrogens (tertiary/aromatic N) is 2. The molecule has 1 aromatic heterocycles. The summed E-state index contributed by atoms with van der Waals surface area (Å²) in [6.45, 7) is 0. The summed E-state index contributed by atoms with van der Waals surface area (Å²) in [6, 6.07) is 13.8. The number of halogens is 2. The Labute approximate surface area is 127 Å². The average molecular weight is 303 g/mol. The van der Waals surface area contributed by atoms with Crippen LogP contribution in [-0.4, -0.2) is 9.55 Å². The van der Waals surface area contributed by atoms with Gasteiger partial charge in [0.05, 0.1) is 6.33 Å². The van der Waals surface area contributed by atoms with Gasteiger partial charge in [0, 0.05) is 34.5 Å². The largest absolute Gasteiger partial charge is 0.306 e. The highest BCUT2D eigenvalue weighted by molar-refractivity contribution is 6.35. The Morgan fingerprint density at radius 3 is 2.60 bits per heavy atom. The Kier molecular flexibility index (Phi) is 3.77. The lowest BCUT2D eigenvalue weighted by Gasteiger charge is -2.11.